The molecule has 0 saturated heterocycles. The maximum Gasteiger partial charge on any atom is 0.414 e. The molecule has 180 valence electrons. The molecule has 0 aliphatic heterocycles. The van der Waals surface area contributed by atoms with Crippen LogP contribution in [0, 0.1) is 13.8 Å². The van der Waals surface area contributed by atoms with Crippen LogP contribution in [0.25, 0.3) is 11.0 Å². The van der Waals surface area contributed by atoms with E-state index in [1.165, 1.54) is 23.1 Å². The van der Waals surface area contributed by atoms with E-state index in [-0.39, 0.29) is 23.4 Å². The summed E-state index contributed by atoms with van der Waals surface area (Å²) in [6, 6.07) is 8.31. The minimum absolute atomic E-state index is 0.0681. The average molecular weight is 488 g/mol. The molecule has 0 aliphatic carbocycles. The van der Waals surface area contributed by atoms with Gasteiger partial charge in [0.1, 0.15) is 11.3 Å². The molecule has 3 amide bonds. The zero-order valence-corrected chi connectivity index (χ0v) is 20.2. The Bertz CT molecular complexity index is 1460. The average Bonchev–Trinajstić information content (AvgIpc) is 2.71. The van der Waals surface area contributed by atoms with Crippen LogP contribution >= 0.6 is 0 Å². The van der Waals surface area contributed by atoms with Gasteiger partial charge < -0.3 is 19.8 Å². The molecule has 0 spiro atoms. The van der Waals surface area contributed by atoms with Gasteiger partial charge in [0.05, 0.1) is 11.9 Å². The molecule has 1 heterocycles. The van der Waals surface area contributed by atoms with Gasteiger partial charge in [-0.05, 0) is 48.7 Å². The Morgan fingerprint density at radius 3 is 2.38 bits per heavy atom. The van der Waals surface area contributed by atoms with Gasteiger partial charge in [-0.2, -0.15) is 4.31 Å². The number of rotatable bonds is 5. The molecule has 2 aromatic carbocycles. The fourth-order valence-corrected chi connectivity index (χ4v) is 4.33. The third-order valence-corrected chi connectivity index (χ3v) is 6.26. The Morgan fingerprint density at radius 2 is 1.79 bits per heavy atom. The van der Waals surface area contributed by atoms with Crippen LogP contribution in [-0.2, 0) is 16.4 Å². The summed E-state index contributed by atoms with van der Waals surface area (Å²) in [5.74, 6) is 0.279. The number of sulfonamides is 1. The predicted octanol–water partition coefficient (Wildman–Crippen LogP) is 2.91. The van der Waals surface area contributed by atoms with Crippen molar-refractivity contribution in [2.24, 2.45) is 5.73 Å². The molecule has 0 unspecified atom stereocenters. The molecular weight excluding hydrogens is 462 g/mol. The van der Waals surface area contributed by atoms with Crippen molar-refractivity contribution in [1.82, 2.24) is 4.90 Å². The van der Waals surface area contributed by atoms with E-state index in [9.17, 15) is 22.8 Å². The van der Waals surface area contributed by atoms with Crippen molar-refractivity contribution < 1.29 is 27.2 Å². The number of amides is 3. The highest BCUT2D eigenvalue weighted by Gasteiger charge is 2.23. The maximum absolute atomic E-state index is 12.8. The number of anilines is 1. The lowest BCUT2D eigenvalue weighted by Gasteiger charge is -2.18. The normalized spacial score (nSPS) is 11.3. The first-order chi connectivity index (χ1) is 15.8. The predicted molar refractivity (Wildman–Crippen MR) is 128 cm³/mol. The lowest BCUT2D eigenvalue weighted by molar-refractivity contribution is 0.171. The molecule has 0 saturated carbocycles. The van der Waals surface area contributed by atoms with Gasteiger partial charge in [0.25, 0.3) is 0 Å². The third kappa shape index (κ3) is 5.04. The number of nitrogens with two attached hydrogens (primary N) is 1. The first-order valence-corrected chi connectivity index (χ1v) is 12.0. The van der Waals surface area contributed by atoms with Crippen LogP contribution in [0.1, 0.15) is 22.3 Å². The molecule has 0 atom stereocenters. The Kier molecular flexibility index (Phi) is 6.69. The number of carbonyl (C=O) groups excluding carboxylic acids is 2. The standard InChI is InChI=1S/C23H25N3O7S/c1-13-9-17-14(2)18(21(27)32-20(17)12-19(13)33-23(29)25(3)4)11-15-7-6-8-16(10-15)26(22(24)28)34(5,30)31/h6-10,12H,11H2,1-5H3,(H2,24,28). The topological polar surface area (TPSA) is 140 Å². The van der Waals surface area contributed by atoms with E-state index in [2.05, 4.69) is 0 Å². The van der Waals surface area contributed by atoms with E-state index in [1.54, 1.807) is 46.1 Å². The molecular formula is C23H25N3O7S. The van der Waals surface area contributed by atoms with Gasteiger partial charge in [0, 0.05) is 37.5 Å². The van der Waals surface area contributed by atoms with Gasteiger partial charge in [-0.3, -0.25) is 0 Å². The summed E-state index contributed by atoms with van der Waals surface area (Å²) in [6.07, 6.45) is 0.445. The molecule has 11 heteroatoms. The summed E-state index contributed by atoms with van der Waals surface area (Å²) in [4.78, 5) is 37.7. The fourth-order valence-electron chi connectivity index (χ4n) is 3.50. The van der Waals surface area contributed by atoms with Gasteiger partial charge >= 0.3 is 17.7 Å². The van der Waals surface area contributed by atoms with Crippen LogP contribution in [0.4, 0.5) is 15.3 Å². The summed E-state index contributed by atoms with van der Waals surface area (Å²) >= 11 is 0. The largest absolute Gasteiger partial charge is 0.422 e. The highest BCUT2D eigenvalue weighted by molar-refractivity contribution is 7.92. The number of benzene rings is 2. The number of primary amides is 1. The Morgan fingerprint density at radius 1 is 1.12 bits per heavy atom. The van der Waals surface area contributed by atoms with Crippen molar-refractivity contribution in [3.8, 4) is 5.75 Å². The number of hydrogen-bond acceptors (Lipinski definition) is 7. The third-order valence-electron chi connectivity index (χ3n) is 5.20. The van der Waals surface area contributed by atoms with Gasteiger partial charge in [-0.1, -0.05) is 12.1 Å². The number of nitrogens with zero attached hydrogens (tertiary/aromatic N) is 2. The zero-order valence-electron chi connectivity index (χ0n) is 19.4. The monoisotopic (exact) mass is 487 g/mol. The van der Waals surface area contributed by atoms with Crippen LogP contribution in [0.5, 0.6) is 5.75 Å². The summed E-state index contributed by atoms with van der Waals surface area (Å²) in [6.45, 7) is 3.55. The second-order valence-corrected chi connectivity index (χ2v) is 9.91. The van der Waals surface area contributed by atoms with Crippen molar-refractivity contribution in [3.05, 3.63) is 69.1 Å². The Balaban J connectivity index is 2.04. The van der Waals surface area contributed by atoms with Crippen molar-refractivity contribution >= 4 is 38.8 Å². The number of ether oxygens (including phenoxy) is 1. The second-order valence-electron chi connectivity index (χ2n) is 8.08. The van der Waals surface area contributed by atoms with E-state index in [0.717, 1.165) is 6.26 Å². The van der Waals surface area contributed by atoms with Crippen molar-refractivity contribution in [1.29, 1.82) is 0 Å². The molecule has 1 aromatic heterocycles. The lowest BCUT2D eigenvalue weighted by Crippen LogP contribution is -2.40. The summed E-state index contributed by atoms with van der Waals surface area (Å²) in [5.41, 5.74) is 7.29. The van der Waals surface area contributed by atoms with Crippen LogP contribution in [0.15, 0.2) is 45.6 Å². The number of urea groups is 1. The number of carbonyl (C=O) groups is 2. The van der Waals surface area contributed by atoms with E-state index in [1.807, 2.05) is 0 Å². The van der Waals surface area contributed by atoms with Gasteiger partial charge in [0.2, 0.25) is 10.0 Å². The summed E-state index contributed by atoms with van der Waals surface area (Å²) in [5, 5.41) is 0.669. The summed E-state index contributed by atoms with van der Waals surface area (Å²) in [7, 11) is -0.819. The molecule has 2 N–H and O–H groups in total. The van der Waals surface area contributed by atoms with Crippen molar-refractivity contribution in [2.75, 3.05) is 24.7 Å². The number of aryl methyl sites for hydroxylation is 2. The fraction of sp³-hybridized carbons (Fsp3) is 0.261. The highest BCUT2D eigenvalue weighted by atomic mass is 32.2. The van der Waals surface area contributed by atoms with Crippen molar-refractivity contribution in [2.45, 2.75) is 20.3 Å². The SMILES string of the molecule is Cc1cc2c(C)c(Cc3cccc(N(C(N)=O)S(C)(=O)=O)c3)c(=O)oc2cc1OC(=O)N(C)C. The van der Waals surface area contributed by atoms with Crippen LogP contribution in [0.3, 0.4) is 0 Å². The molecule has 0 bridgehead atoms. The first kappa shape index (κ1) is 24.8. The molecule has 0 fully saturated rings. The highest BCUT2D eigenvalue weighted by Crippen LogP contribution is 2.29. The number of hydrogen-bond donors (Lipinski definition) is 1. The lowest BCUT2D eigenvalue weighted by atomic mass is 9.98. The smallest absolute Gasteiger partial charge is 0.414 e. The minimum Gasteiger partial charge on any atom is -0.422 e. The van der Waals surface area contributed by atoms with Crippen molar-refractivity contribution in [3.63, 3.8) is 0 Å². The van der Waals surface area contributed by atoms with Gasteiger partial charge in [0.15, 0.2) is 0 Å². The maximum atomic E-state index is 12.8. The molecule has 10 nitrogen and oxygen atoms in total. The van der Waals surface area contributed by atoms with E-state index in [4.69, 9.17) is 14.9 Å². The van der Waals surface area contributed by atoms with E-state index >= 15 is 0 Å². The Hall–Kier alpha value is -3.86. The van der Waals surface area contributed by atoms with Gasteiger partial charge in [-0.25, -0.2) is 22.8 Å². The zero-order chi connectivity index (χ0) is 25.4. The van der Waals surface area contributed by atoms with Crippen LogP contribution in [-0.4, -0.2) is 45.8 Å². The quantitative estimate of drug-likeness (QED) is 0.546. The van der Waals surface area contributed by atoms with Gasteiger partial charge in [-0.15, -0.1) is 0 Å². The minimum atomic E-state index is -3.94. The Labute approximate surface area is 196 Å². The summed E-state index contributed by atoms with van der Waals surface area (Å²) < 4.78 is 35.3. The molecule has 34 heavy (non-hydrogen) atoms. The molecule has 3 rings (SSSR count). The number of fused-ring (bicyclic) bond motifs is 1. The van der Waals surface area contributed by atoms with Crippen LogP contribution in [0.2, 0.25) is 0 Å². The second kappa shape index (κ2) is 9.18. The van der Waals surface area contributed by atoms with E-state index < -0.39 is 27.8 Å². The molecule has 0 radical (unpaired) electrons. The molecule has 0 aliphatic rings. The first-order valence-electron chi connectivity index (χ1n) is 10.1. The molecule has 3 aromatic rings. The van der Waals surface area contributed by atoms with Crippen LogP contribution < -0.4 is 20.4 Å². The van der Waals surface area contributed by atoms with E-state index in [0.29, 0.717) is 31.9 Å².